The molecular weight excluding hydrogens is 280 g/mol. The van der Waals surface area contributed by atoms with Gasteiger partial charge in [-0.2, -0.15) is 0 Å². The molecule has 0 bridgehead atoms. The van der Waals surface area contributed by atoms with Gasteiger partial charge in [0.25, 0.3) is 0 Å². The lowest BCUT2D eigenvalue weighted by molar-refractivity contribution is -0.155. The summed E-state index contributed by atoms with van der Waals surface area (Å²) < 4.78 is 10.7. The summed E-state index contributed by atoms with van der Waals surface area (Å²) in [6.07, 6.45) is 3.00. The topological polar surface area (TPSA) is 52.6 Å². The van der Waals surface area contributed by atoms with Gasteiger partial charge in [0.15, 0.2) is 0 Å². The third kappa shape index (κ3) is 7.25. The van der Waals surface area contributed by atoms with E-state index in [1.807, 2.05) is 30.3 Å². The maximum absolute atomic E-state index is 11.8. The summed E-state index contributed by atoms with van der Waals surface area (Å²) in [5, 5.41) is 0. The van der Waals surface area contributed by atoms with Gasteiger partial charge in [-0.25, -0.2) is 0 Å². The van der Waals surface area contributed by atoms with Crippen LogP contribution in [0.2, 0.25) is 0 Å². The molecule has 0 amide bonds. The summed E-state index contributed by atoms with van der Waals surface area (Å²) in [7, 11) is 0. The molecule has 4 nitrogen and oxygen atoms in total. The molecule has 0 saturated carbocycles. The third-order valence-corrected chi connectivity index (χ3v) is 3.28. The minimum absolute atomic E-state index is 0.119. The molecule has 1 atom stereocenters. The number of ether oxygens (including phenoxy) is 2. The van der Waals surface area contributed by atoms with Crippen molar-refractivity contribution in [3.63, 3.8) is 0 Å². The van der Waals surface area contributed by atoms with Crippen molar-refractivity contribution in [2.24, 2.45) is 5.92 Å². The molecule has 1 aromatic carbocycles. The van der Waals surface area contributed by atoms with E-state index in [-0.39, 0.29) is 11.9 Å². The van der Waals surface area contributed by atoms with Crippen molar-refractivity contribution < 1.29 is 19.1 Å². The monoisotopic (exact) mass is 306 g/mol. The smallest absolute Gasteiger partial charge is 0.316 e. The SMILES string of the molecule is CC(=O)C(CCCCCOc1ccccc1)C(=O)OC(C)C. The van der Waals surface area contributed by atoms with Crippen LogP contribution in [0.4, 0.5) is 0 Å². The van der Waals surface area contributed by atoms with Gasteiger partial charge in [0, 0.05) is 0 Å². The van der Waals surface area contributed by atoms with Gasteiger partial charge in [0.05, 0.1) is 12.7 Å². The van der Waals surface area contributed by atoms with E-state index in [1.165, 1.54) is 6.92 Å². The summed E-state index contributed by atoms with van der Waals surface area (Å²) >= 11 is 0. The molecule has 0 aromatic heterocycles. The molecule has 0 spiro atoms. The Morgan fingerprint density at radius 1 is 1.05 bits per heavy atom. The number of ketones is 1. The van der Waals surface area contributed by atoms with E-state index in [4.69, 9.17) is 9.47 Å². The van der Waals surface area contributed by atoms with E-state index < -0.39 is 11.9 Å². The van der Waals surface area contributed by atoms with Crippen LogP contribution in [0.25, 0.3) is 0 Å². The summed E-state index contributed by atoms with van der Waals surface area (Å²) in [4.78, 5) is 23.4. The Bertz CT molecular complexity index is 453. The molecule has 4 heteroatoms. The number of Topliss-reactive ketones (excluding diaryl/α,β-unsaturated/α-hetero) is 1. The van der Waals surface area contributed by atoms with E-state index in [0.717, 1.165) is 25.0 Å². The molecule has 1 unspecified atom stereocenters. The standard InChI is InChI=1S/C18H26O4/c1-14(2)22-18(20)17(15(3)19)12-8-5-9-13-21-16-10-6-4-7-11-16/h4,6-7,10-11,14,17H,5,8-9,12-13H2,1-3H3. The van der Waals surface area contributed by atoms with Gasteiger partial charge in [0.2, 0.25) is 0 Å². The van der Waals surface area contributed by atoms with Gasteiger partial charge in [-0.3, -0.25) is 9.59 Å². The zero-order chi connectivity index (χ0) is 16.4. The maximum atomic E-state index is 11.8. The summed E-state index contributed by atoms with van der Waals surface area (Å²) in [5.41, 5.74) is 0. The predicted octanol–water partition coefficient (Wildman–Crippen LogP) is 3.78. The average Bonchev–Trinajstić information content (AvgIpc) is 2.46. The highest BCUT2D eigenvalue weighted by Gasteiger charge is 2.24. The van der Waals surface area contributed by atoms with Crippen molar-refractivity contribution in [3.05, 3.63) is 30.3 Å². The predicted molar refractivity (Wildman–Crippen MR) is 85.8 cm³/mol. The Hall–Kier alpha value is -1.84. The van der Waals surface area contributed by atoms with Crippen LogP contribution >= 0.6 is 0 Å². The van der Waals surface area contributed by atoms with Crippen LogP contribution in [0.15, 0.2) is 30.3 Å². The van der Waals surface area contributed by atoms with Crippen LogP contribution in [0.5, 0.6) is 5.75 Å². The average molecular weight is 306 g/mol. The number of hydrogen-bond donors (Lipinski definition) is 0. The number of esters is 1. The molecule has 0 N–H and O–H groups in total. The lowest BCUT2D eigenvalue weighted by Crippen LogP contribution is -2.26. The summed E-state index contributed by atoms with van der Waals surface area (Å²) in [6, 6.07) is 9.67. The van der Waals surface area contributed by atoms with Gasteiger partial charge in [-0.15, -0.1) is 0 Å². The quantitative estimate of drug-likeness (QED) is 0.375. The van der Waals surface area contributed by atoms with Crippen molar-refractivity contribution in [2.75, 3.05) is 6.61 Å². The summed E-state index contributed by atoms with van der Waals surface area (Å²) in [6.45, 7) is 5.67. The minimum Gasteiger partial charge on any atom is -0.494 e. The summed E-state index contributed by atoms with van der Waals surface area (Å²) in [5.74, 6) is -0.281. The van der Waals surface area contributed by atoms with Crippen LogP contribution in [-0.4, -0.2) is 24.5 Å². The number of carbonyl (C=O) groups excluding carboxylic acids is 2. The molecule has 0 radical (unpaired) electrons. The molecule has 0 aliphatic carbocycles. The van der Waals surface area contributed by atoms with E-state index in [0.29, 0.717) is 13.0 Å². The van der Waals surface area contributed by atoms with Crippen molar-refractivity contribution in [2.45, 2.75) is 52.6 Å². The molecule has 1 aromatic rings. The normalized spacial score (nSPS) is 12.0. The minimum atomic E-state index is -0.627. The lowest BCUT2D eigenvalue weighted by Gasteiger charge is -2.15. The van der Waals surface area contributed by atoms with Crippen molar-refractivity contribution in [1.29, 1.82) is 0 Å². The zero-order valence-electron chi connectivity index (χ0n) is 13.7. The molecule has 1 rings (SSSR count). The fraction of sp³-hybridized carbons (Fsp3) is 0.556. The molecule has 0 aliphatic heterocycles. The first-order chi connectivity index (χ1) is 10.5. The third-order valence-electron chi connectivity index (χ3n) is 3.28. The number of carbonyl (C=O) groups is 2. The van der Waals surface area contributed by atoms with E-state index >= 15 is 0 Å². The Balaban J connectivity index is 2.20. The number of benzene rings is 1. The highest BCUT2D eigenvalue weighted by molar-refractivity contribution is 5.97. The first-order valence-electron chi connectivity index (χ1n) is 7.89. The molecular formula is C18H26O4. The van der Waals surface area contributed by atoms with Crippen molar-refractivity contribution in [3.8, 4) is 5.75 Å². The fourth-order valence-electron chi connectivity index (χ4n) is 2.14. The zero-order valence-corrected chi connectivity index (χ0v) is 13.7. The van der Waals surface area contributed by atoms with Crippen LogP contribution in [0, 0.1) is 5.92 Å². The largest absolute Gasteiger partial charge is 0.494 e. The van der Waals surface area contributed by atoms with Gasteiger partial charge >= 0.3 is 5.97 Å². The number of para-hydroxylation sites is 1. The van der Waals surface area contributed by atoms with E-state index in [1.54, 1.807) is 13.8 Å². The van der Waals surface area contributed by atoms with Crippen LogP contribution in [0.1, 0.15) is 46.5 Å². The van der Waals surface area contributed by atoms with Crippen molar-refractivity contribution in [1.82, 2.24) is 0 Å². The van der Waals surface area contributed by atoms with Crippen LogP contribution in [-0.2, 0) is 14.3 Å². The fourth-order valence-corrected chi connectivity index (χ4v) is 2.14. The van der Waals surface area contributed by atoms with Gasteiger partial charge < -0.3 is 9.47 Å². The van der Waals surface area contributed by atoms with Gasteiger partial charge in [-0.1, -0.05) is 31.0 Å². The second-order valence-electron chi connectivity index (χ2n) is 5.66. The van der Waals surface area contributed by atoms with Crippen molar-refractivity contribution >= 4 is 11.8 Å². The Morgan fingerprint density at radius 3 is 2.32 bits per heavy atom. The number of unbranched alkanes of at least 4 members (excludes halogenated alkanes) is 2. The lowest BCUT2D eigenvalue weighted by atomic mass is 9.97. The Kier molecular flexibility index (Phi) is 8.26. The number of hydrogen-bond acceptors (Lipinski definition) is 4. The molecule has 122 valence electrons. The second kappa shape index (κ2) is 9.98. The van der Waals surface area contributed by atoms with E-state index in [2.05, 4.69) is 0 Å². The highest BCUT2D eigenvalue weighted by Crippen LogP contribution is 2.15. The van der Waals surface area contributed by atoms with Crippen LogP contribution in [0.3, 0.4) is 0 Å². The first-order valence-corrected chi connectivity index (χ1v) is 7.89. The molecule has 0 aliphatic rings. The molecule has 0 saturated heterocycles. The molecule has 22 heavy (non-hydrogen) atoms. The Labute approximate surface area is 132 Å². The first kappa shape index (κ1) is 18.2. The van der Waals surface area contributed by atoms with E-state index in [9.17, 15) is 9.59 Å². The molecule has 0 fully saturated rings. The van der Waals surface area contributed by atoms with Crippen LogP contribution < -0.4 is 4.74 Å². The van der Waals surface area contributed by atoms with Gasteiger partial charge in [0.1, 0.15) is 17.5 Å². The second-order valence-corrected chi connectivity index (χ2v) is 5.66. The number of rotatable bonds is 10. The maximum Gasteiger partial charge on any atom is 0.316 e. The Morgan fingerprint density at radius 2 is 1.73 bits per heavy atom. The van der Waals surface area contributed by atoms with Gasteiger partial charge in [-0.05, 0) is 45.7 Å². The molecule has 0 heterocycles. The highest BCUT2D eigenvalue weighted by atomic mass is 16.5.